The highest BCUT2D eigenvalue weighted by Crippen LogP contribution is 2.23. The minimum Gasteiger partial charge on any atom is -0.465 e. The Balaban J connectivity index is 1.64. The first-order valence-electron chi connectivity index (χ1n) is 8.45. The SMILES string of the molecule is Cc1ccc([C@@H](CNC(=O)C#Cc2ccccc2)N2CCOCC2)o1. The molecule has 1 aromatic carbocycles. The monoisotopic (exact) mass is 338 g/mol. The highest BCUT2D eigenvalue weighted by molar-refractivity contribution is 5.94. The maximum atomic E-state index is 12.1. The lowest BCUT2D eigenvalue weighted by Crippen LogP contribution is -2.43. The quantitative estimate of drug-likeness (QED) is 0.868. The molecule has 130 valence electrons. The van der Waals surface area contributed by atoms with Crippen LogP contribution in [0.3, 0.4) is 0 Å². The molecular weight excluding hydrogens is 316 g/mol. The van der Waals surface area contributed by atoms with Crippen LogP contribution in [0.2, 0.25) is 0 Å². The summed E-state index contributed by atoms with van der Waals surface area (Å²) in [6.45, 7) is 5.39. The van der Waals surface area contributed by atoms with E-state index < -0.39 is 0 Å². The van der Waals surface area contributed by atoms with E-state index in [4.69, 9.17) is 9.15 Å². The minimum absolute atomic E-state index is 0.0138. The van der Waals surface area contributed by atoms with Crippen molar-refractivity contribution in [3.8, 4) is 11.8 Å². The Labute approximate surface area is 148 Å². The number of ether oxygens (including phenoxy) is 1. The van der Waals surface area contributed by atoms with Gasteiger partial charge in [0.05, 0.1) is 19.3 Å². The first-order chi connectivity index (χ1) is 12.2. The van der Waals surface area contributed by atoms with Gasteiger partial charge in [0.25, 0.3) is 5.91 Å². The van der Waals surface area contributed by atoms with E-state index >= 15 is 0 Å². The van der Waals surface area contributed by atoms with E-state index in [9.17, 15) is 4.79 Å². The number of benzene rings is 1. The summed E-state index contributed by atoms with van der Waals surface area (Å²) in [6, 6.07) is 13.4. The Morgan fingerprint density at radius 2 is 1.96 bits per heavy atom. The molecule has 1 aliphatic heterocycles. The first kappa shape index (κ1) is 17.3. The van der Waals surface area contributed by atoms with E-state index in [0.717, 1.165) is 30.2 Å². The molecule has 3 rings (SSSR count). The number of nitrogens with zero attached hydrogens (tertiary/aromatic N) is 1. The molecule has 1 N–H and O–H groups in total. The second kappa shape index (κ2) is 8.52. The normalized spacial score (nSPS) is 15.9. The van der Waals surface area contributed by atoms with Gasteiger partial charge < -0.3 is 14.5 Å². The molecule has 1 fully saturated rings. The van der Waals surface area contributed by atoms with Crippen LogP contribution in [-0.4, -0.2) is 43.7 Å². The molecule has 1 saturated heterocycles. The zero-order chi connectivity index (χ0) is 17.5. The number of aryl methyl sites for hydroxylation is 1. The van der Waals surface area contributed by atoms with Crippen molar-refractivity contribution in [3.05, 3.63) is 59.5 Å². The van der Waals surface area contributed by atoms with Gasteiger partial charge in [0.15, 0.2) is 0 Å². The van der Waals surface area contributed by atoms with Gasteiger partial charge >= 0.3 is 0 Å². The van der Waals surface area contributed by atoms with Gasteiger partial charge in [-0.1, -0.05) is 24.1 Å². The van der Waals surface area contributed by atoms with Crippen LogP contribution in [0.25, 0.3) is 0 Å². The average molecular weight is 338 g/mol. The van der Waals surface area contributed by atoms with E-state index in [1.165, 1.54) is 0 Å². The van der Waals surface area contributed by atoms with Crippen molar-refractivity contribution < 1.29 is 13.9 Å². The molecule has 5 nitrogen and oxygen atoms in total. The molecule has 5 heteroatoms. The average Bonchev–Trinajstić information content (AvgIpc) is 3.08. The smallest absolute Gasteiger partial charge is 0.296 e. The summed E-state index contributed by atoms with van der Waals surface area (Å²) >= 11 is 0. The fourth-order valence-electron chi connectivity index (χ4n) is 2.82. The highest BCUT2D eigenvalue weighted by atomic mass is 16.5. The zero-order valence-corrected chi connectivity index (χ0v) is 14.3. The van der Waals surface area contributed by atoms with Gasteiger partial charge in [0, 0.05) is 31.1 Å². The standard InChI is InChI=1S/C20H22N2O3/c1-16-7-9-19(25-16)18(22-11-13-24-14-12-22)15-21-20(23)10-8-17-5-3-2-4-6-17/h2-7,9,18H,11-15H2,1H3,(H,21,23)/t18-/m1/s1. The van der Waals surface area contributed by atoms with E-state index in [2.05, 4.69) is 22.1 Å². The van der Waals surface area contributed by atoms with Gasteiger partial charge in [-0.25, -0.2) is 0 Å². The lowest BCUT2D eigenvalue weighted by molar-refractivity contribution is -0.116. The molecule has 0 unspecified atom stereocenters. The molecule has 1 aliphatic rings. The van der Waals surface area contributed by atoms with Gasteiger partial charge in [-0.2, -0.15) is 0 Å². The summed E-state index contributed by atoms with van der Waals surface area (Å²) in [6.07, 6.45) is 0. The van der Waals surface area contributed by atoms with Crippen molar-refractivity contribution in [2.24, 2.45) is 0 Å². The van der Waals surface area contributed by atoms with Crippen molar-refractivity contribution in [1.29, 1.82) is 0 Å². The van der Waals surface area contributed by atoms with Crippen molar-refractivity contribution >= 4 is 5.91 Å². The molecule has 0 bridgehead atoms. The van der Waals surface area contributed by atoms with Crippen LogP contribution >= 0.6 is 0 Å². The van der Waals surface area contributed by atoms with Crippen LogP contribution in [0.15, 0.2) is 46.9 Å². The third-order valence-corrected chi connectivity index (χ3v) is 4.13. The second-order valence-corrected chi connectivity index (χ2v) is 5.94. The Bertz CT molecular complexity index is 752. The van der Waals surface area contributed by atoms with Crippen molar-refractivity contribution in [1.82, 2.24) is 10.2 Å². The Hall–Kier alpha value is -2.55. The zero-order valence-electron chi connectivity index (χ0n) is 14.3. The number of rotatable bonds is 4. The number of amides is 1. The number of furan rings is 1. The third-order valence-electron chi connectivity index (χ3n) is 4.13. The van der Waals surface area contributed by atoms with Gasteiger partial charge in [0.2, 0.25) is 0 Å². The lowest BCUT2D eigenvalue weighted by Gasteiger charge is -2.33. The summed E-state index contributed by atoms with van der Waals surface area (Å²) in [5, 5.41) is 2.90. The number of hydrogen-bond acceptors (Lipinski definition) is 4. The minimum atomic E-state index is -0.287. The van der Waals surface area contributed by atoms with Crippen LogP contribution < -0.4 is 5.32 Å². The van der Waals surface area contributed by atoms with E-state index in [0.29, 0.717) is 19.8 Å². The van der Waals surface area contributed by atoms with Gasteiger partial charge in [-0.05, 0) is 31.2 Å². The van der Waals surface area contributed by atoms with Crippen molar-refractivity contribution in [2.45, 2.75) is 13.0 Å². The fraction of sp³-hybridized carbons (Fsp3) is 0.350. The predicted molar refractivity (Wildman–Crippen MR) is 94.9 cm³/mol. The first-order valence-corrected chi connectivity index (χ1v) is 8.45. The molecule has 0 saturated carbocycles. The fourth-order valence-corrected chi connectivity index (χ4v) is 2.82. The van der Waals surface area contributed by atoms with Gasteiger partial charge in [-0.15, -0.1) is 0 Å². The topological polar surface area (TPSA) is 54.7 Å². The van der Waals surface area contributed by atoms with Crippen LogP contribution in [0.4, 0.5) is 0 Å². The maximum Gasteiger partial charge on any atom is 0.296 e. The Morgan fingerprint density at radius 1 is 1.20 bits per heavy atom. The van der Waals surface area contributed by atoms with E-state index in [1.54, 1.807) is 0 Å². The Kier molecular flexibility index (Phi) is 5.89. The number of carbonyl (C=O) groups is 1. The molecule has 2 aromatic rings. The molecule has 1 aromatic heterocycles. The summed E-state index contributed by atoms with van der Waals surface area (Å²) in [7, 11) is 0. The molecule has 0 radical (unpaired) electrons. The van der Waals surface area contributed by atoms with Crippen LogP contribution in [0, 0.1) is 18.8 Å². The number of carbonyl (C=O) groups excluding carboxylic acids is 1. The van der Waals surface area contributed by atoms with Crippen LogP contribution in [-0.2, 0) is 9.53 Å². The Morgan fingerprint density at radius 3 is 2.64 bits per heavy atom. The van der Waals surface area contributed by atoms with E-state index in [-0.39, 0.29) is 11.9 Å². The van der Waals surface area contributed by atoms with Gasteiger partial charge in [0.1, 0.15) is 11.5 Å². The maximum absolute atomic E-state index is 12.1. The summed E-state index contributed by atoms with van der Waals surface area (Å²) < 4.78 is 11.2. The highest BCUT2D eigenvalue weighted by Gasteiger charge is 2.25. The molecule has 0 aliphatic carbocycles. The number of morpholine rings is 1. The third kappa shape index (κ3) is 4.96. The van der Waals surface area contributed by atoms with Crippen LogP contribution in [0.1, 0.15) is 23.1 Å². The van der Waals surface area contributed by atoms with Gasteiger partial charge in [-0.3, -0.25) is 9.69 Å². The van der Waals surface area contributed by atoms with E-state index in [1.807, 2.05) is 49.4 Å². The molecular formula is C20H22N2O3. The summed E-state index contributed by atoms with van der Waals surface area (Å²) in [5.41, 5.74) is 0.823. The summed E-state index contributed by atoms with van der Waals surface area (Å²) in [4.78, 5) is 14.4. The predicted octanol–water partition coefficient (Wildman–Crippen LogP) is 2.13. The molecule has 2 heterocycles. The largest absolute Gasteiger partial charge is 0.465 e. The molecule has 1 atom stereocenters. The number of hydrogen-bond donors (Lipinski definition) is 1. The van der Waals surface area contributed by atoms with Crippen molar-refractivity contribution in [3.63, 3.8) is 0 Å². The molecule has 25 heavy (non-hydrogen) atoms. The molecule has 1 amide bonds. The number of nitrogens with one attached hydrogen (secondary N) is 1. The lowest BCUT2D eigenvalue weighted by atomic mass is 10.1. The summed E-state index contributed by atoms with van der Waals surface area (Å²) in [5.74, 6) is 6.95. The molecule has 0 spiro atoms. The van der Waals surface area contributed by atoms with Crippen LogP contribution in [0.5, 0.6) is 0 Å². The second-order valence-electron chi connectivity index (χ2n) is 5.94. The van der Waals surface area contributed by atoms with Crippen molar-refractivity contribution in [2.75, 3.05) is 32.8 Å².